The Labute approximate surface area is 157 Å². The molecule has 142 valence electrons. The predicted molar refractivity (Wildman–Crippen MR) is 100 cm³/mol. The summed E-state index contributed by atoms with van der Waals surface area (Å²) in [5.41, 5.74) is 2.28. The van der Waals surface area contributed by atoms with E-state index in [1.165, 1.54) is 18.1 Å². The molecule has 0 fully saturated rings. The molecule has 0 aliphatic carbocycles. The molecule has 0 atom stereocenters. The summed E-state index contributed by atoms with van der Waals surface area (Å²) >= 11 is 0. The molecule has 0 saturated carbocycles. The third kappa shape index (κ3) is 5.91. The van der Waals surface area contributed by atoms with Crippen molar-refractivity contribution in [1.29, 1.82) is 0 Å². The number of hydrogen-bond donors (Lipinski definition) is 0. The van der Waals surface area contributed by atoms with Gasteiger partial charge in [-0.3, -0.25) is 19.7 Å². The molecule has 0 spiro atoms. The summed E-state index contributed by atoms with van der Waals surface area (Å²) in [5.74, 6) is -0.698. The van der Waals surface area contributed by atoms with Gasteiger partial charge in [-0.15, -0.1) is 0 Å². The largest absolute Gasteiger partial charge is 0.469 e. The van der Waals surface area contributed by atoms with Crippen molar-refractivity contribution in [3.63, 3.8) is 0 Å². The standard InChI is InChI=1S/C20H22N2O5/c1-15-7-9-16(10-8-15)14-21(12-11-20(24)27-2)19(23)13-17-5-3-4-6-18(17)22(25)26/h3-10H,11-14H2,1-2H3. The summed E-state index contributed by atoms with van der Waals surface area (Å²) in [5, 5.41) is 11.2. The maximum atomic E-state index is 12.8. The van der Waals surface area contributed by atoms with Crippen LogP contribution >= 0.6 is 0 Å². The number of nitro benzene ring substituents is 1. The Hall–Kier alpha value is -3.22. The first-order valence-corrected chi connectivity index (χ1v) is 8.53. The zero-order valence-corrected chi connectivity index (χ0v) is 15.4. The molecule has 2 rings (SSSR count). The third-order valence-electron chi connectivity index (χ3n) is 4.19. The highest BCUT2D eigenvalue weighted by molar-refractivity contribution is 5.80. The lowest BCUT2D eigenvalue weighted by atomic mass is 10.1. The molecule has 0 N–H and O–H groups in total. The number of aryl methyl sites for hydroxylation is 1. The summed E-state index contributed by atoms with van der Waals surface area (Å²) < 4.78 is 4.65. The first kappa shape index (κ1) is 20.1. The number of esters is 1. The summed E-state index contributed by atoms with van der Waals surface area (Å²) in [6.07, 6.45) is -0.0465. The lowest BCUT2D eigenvalue weighted by molar-refractivity contribution is -0.385. The van der Waals surface area contributed by atoms with Crippen molar-refractivity contribution in [2.75, 3.05) is 13.7 Å². The van der Waals surface area contributed by atoms with E-state index in [1.807, 2.05) is 31.2 Å². The molecule has 7 heteroatoms. The fourth-order valence-corrected chi connectivity index (χ4v) is 2.65. The second-order valence-electron chi connectivity index (χ2n) is 6.19. The Morgan fingerprint density at radius 2 is 1.78 bits per heavy atom. The van der Waals surface area contributed by atoms with Gasteiger partial charge in [-0.2, -0.15) is 0 Å². The van der Waals surface area contributed by atoms with Gasteiger partial charge in [-0.25, -0.2) is 0 Å². The topological polar surface area (TPSA) is 89.8 Å². The lowest BCUT2D eigenvalue weighted by Gasteiger charge is -2.22. The Kier molecular flexibility index (Phi) is 7.05. The van der Waals surface area contributed by atoms with Crippen molar-refractivity contribution < 1.29 is 19.2 Å². The number of hydrogen-bond acceptors (Lipinski definition) is 5. The molecular weight excluding hydrogens is 348 g/mol. The number of para-hydroxylation sites is 1. The van der Waals surface area contributed by atoms with E-state index < -0.39 is 10.9 Å². The van der Waals surface area contributed by atoms with Crippen LogP contribution in [0.15, 0.2) is 48.5 Å². The van der Waals surface area contributed by atoms with Crippen LogP contribution in [0.1, 0.15) is 23.1 Å². The number of carbonyl (C=O) groups excluding carboxylic acids is 2. The monoisotopic (exact) mass is 370 g/mol. The van der Waals surface area contributed by atoms with E-state index in [2.05, 4.69) is 4.74 Å². The highest BCUT2D eigenvalue weighted by Crippen LogP contribution is 2.19. The number of amides is 1. The highest BCUT2D eigenvalue weighted by atomic mass is 16.6. The normalized spacial score (nSPS) is 10.3. The summed E-state index contributed by atoms with van der Waals surface area (Å²) in [6.45, 7) is 2.47. The average molecular weight is 370 g/mol. The molecule has 0 radical (unpaired) electrons. The molecule has 2 aromatic carbocycles. The van der Waals surface area contributed by atoms with Gasteiger partial charge in [0.2, 0.25) is 5.91 Å². The minimum Gasteiger partial charge on any atom is -0.469 e. The van der Waals surface area contributed by atoms with Crippen molar-refractivity contribution in [2.45, 2.75) is 26.3 Å². The summed E-state index contributed by atoms with van der Waals surface area (Å²) in [6, 6.07) is 13.9. The molecule has 0 aromatic heterocycles. The van der Waals surface area contributed by atoms with Gasteiger partial charge in [0.05, 0.1) is 24.9 Å². The van der Waals surface area contributed by atoms with Gasteiger partial charge in [-0.1, -0.05) is 48.0 Å². The second-order valence-corrected chi connectivity index (χ2v) is 6.19. The Balaban J connectivity index is 2.18. The van der Waals surface area contributed by atoms with Crippen LogP contribution in [0.2, 0.25) is 0 Å². The molecule has 0 heterocycles. The van der Waals surface area contributed by atoms with Crippen LogP contribution in [0.5, 0.6) is 0 Å². The number of benzene rings is 2. The lowest BCUT2D eigenvalue weighted by Crippen LogP contribution is -2.34. The highest BCUT2D eigenvalue weighted by Gasteiger charge is 2.21. The summed E-state index contributed by atoms with van der Waals surface area (Å²) in [4.78, 5) is 36.5. The molecular formula is C20H22N2O5. The van der Waals surface area contributed by atoms with E-state index in [0.717, 1.165) is 11.1 Å². The van der Waals surface area contributed by atoms with Gasteiger partial charge in [-0.05, 0) is 12.5 Å². The predicted octanol–water partition coefficient (Wildman–Crippen LogP) is 3.04. The fraction of sp³-hybridized carbons (Fsp3) is 0.300. The van der Waals surface area contributed by atoms with Crippen LogP contribution < -0.4 is 0 Å². The fourth-order valence-electron chi connectivity index (χ4n) is 2.65. The number of nitrogens with zero attached hydrogens (tertiary/aromatic N) is 2. The second kappa shape index (κ2) is 9.47. The molecule has 0 unspecified atom stereocenters. The van der Waals surface area contributed by atoms with Crippen LogP contribution in [0.3, 0.4) is 0 Å². The molecule has 27 heavy (non-hydrogen) atoms. The molecule has 2 aromatic rings. The van der Waals surface area contributed by atoms with E-state index in [1.54, 1.807) is 18.2 Å². The van der Waals surface area contributed by atoms with Crippen molar-refractivity contribution in [2.24, 2.45) is 0 Å². The smallest absolute Gasteiger partial charge is 0.307 e. The zero-order chi connectivity index (χ0) is 19.8. The zero-order valence-electron chi connectivity index (χ0n) is 15.4. The van der Waals surface area contributed by atoms with E-state index in [4.69, 9.17) is 0 Å². The average Bonchev–Trinajstić information content (AvgIpc) is 2.66. The number of methoxy groups -OCH3 is 1. The van der Waals surface area contributed by atoms with Crippen molar-refractivity contribution >= 4 is 17.6 Å². The number of ether oxygens (including phenoxy) is 1. The minimum atomic E-state index is -0.499. The van der Waals surface area contributed by atoms with E-state index in [-0.39, 0.29) is 31.0 Å². The van der Waals surface area contributed by atoms with Crippen LogP contribution in [0.4, 0.5) is 5.69 Å². The number of rotatable bonds is 8. The van der Waals surface area contributed by atoms with Crippen LogP contribution in [-0.4, -0.2) is 35.4 Å². The molecule has 0 aliphatic rings. The van der Waals surface area contributed by atoms with E-state index in [9.17, 15) is 19.7 Å². The van der Waals surface area contributed by atoms with Crippen molar-refractivity contribution in [3.8, 4) is 0 Å². The number of carbonyl (C=O) groups is 2. The Morgan fingerprint density at radius 3 is 2.41 bits per heavy atom. The Morgan fingerprint density at radius 1 is 1.11 bits per heavy atom. The van der Waals surface area contributed by atoms with Gasteiger partial charge in [0.15, 0.2) is 0 Å². The van der Waals surface area contributed by atoms with Crippen LogP contribution in [0, 0.1) is 17.0 Å². The molecule has 0 saturated heterocycles. The van der Waals surface area contributed by atoms with Crippen LogP contribution in [0.25, 0.3) is 0 Å². The van der Waals surface area contributed by atoms with Crippen molar-refractivity contribution in [1.82, 2.24) is 4.90 Å². The molecule has 0 bridgehead atoms. The quantitative estimate of drug-likeness (QED) is 0.405. The van der Waals surface area contributed by atoms with Gasteiger partial charge in [0.25, 0.3) is 5.69 Å². The minimum absolute atomic E-state index is 0.0605. The Bertz CT molecular complexity index is 817. The third-order valence-corrected chi connectivity index (χ3v) is 4.19. The molecule has 1 amide bonds. The van der Waals surface area contributed by atoms with Gasteiger partial charge < -0.3 is 9.64 Å². The van der Waals surface area contributed by atoms with Gasteiger partial charge in [0, 0.05) is 24.7 Å². The SMILES string of the molecule is COC(=O)CCN(Cc1ccc(C)cc1)C(=O)Cc1ccccc1[N+](=O)[O-]. The van der Waals surface area contributed by atoms with E-state index in [0.29, 0.717) is 12.1 Å². The van der Waals surface area contributed by atoms with Crippen LogP contribution in [-0.2, 0) is 27.3 Å². The summed E-state index contributed by atoms with van der Waals surface area (Å²) in [7, 11) is 1.29. The first-order valence-electron chi connectivity index (χ1n) is 8.53. The van der Waals surface area contributed by atoms with Crippen molar-refractivity contribution in [3.05, 3.63) is 75.3 Å². The number of nitro groups is 1. The van der Waals surface area contributed by atoms with Gasteiger partial charge in [0.1, 0.15) is 0 Å². The molecule has 0 aliphatic heterocycles. The maximum absolute atomic E-state index is 12.8. The van der Waals surface area contributed by atoms with E-state index >= 15 is 0 Å². The maximum Gasteiger partial charge on any atom is 0.307 e. The van der Waals surface area contributed by atoms with Gasteiger partial charge >= 0.3 is 5.97 Å². The first-order chi connectivity index (χ1) is 12.9. The molecule has 7 nitrogen and oxygen atoms in total.